The fourth-order valence-corrected chi connectivity index (χ4v) is 3.74. The summed E-state index contributed by atoms with van der Waals surface area (Å²) in [4.78, 5) is 28.0. The van der Waals surface area contributed by atoms with Crippen molar-refractivity contribution in [3.63, 3.8) is 0 Å². The van der Waals surface area contributed by atoms with Crippen molar-refractivity contribution in [2.45, 2.75) is 13.3 Å². The van der Waals surface area contributed by atoms with E-state index in [1.54, 1.807) is 12.1 Å². The lowest BCUT2D eigenvalue weighted by atomic mass is 9.95. The Hall–Kier alpha value is -2.73. The molecular formula is C22H26FN3O2. The number of nitrogens with zero attached hydrogens (tertiary/aromatic N) is 2. The van der Waals surface area contributed by atoms with E-state index >= 15 is 0 Å². The number of nitrogens with two attached hydrogens (primary N) is 1. The second-order valence-corrected chi connectivity index (χ2v) is 7.20. The van der Waals surface area contributed by atoms with Crippen LogP contribution in [0.25, 0.3) is 11.1 Å². The largest absolute Gasteiger partial charge is 0.369 e. The molecule has 28 heavy (non-hydrogen) atoms. The average Bonchev–Trinajstić information content (AvgIpc) is 2.81. The predicted molar refractivity (Wildman–Crippen MR) is 107 cm³/mol. The van der Waals surface area contributed by atoms with E-state index in [4.69, 9.17) is 5.73 Å². The summed E-state index contributed by atoms with van der Waals surface area (Å²) >= 11 is 0. The van der Waals surface area contributed by atoms with Gasteiger partial charge < -0.3 is 10.6 Å². The van der Waals surface area contributed by atoms with Gasteiger partial charge in [0.1, 0.15) is 5.82 Å². The molecule has 6 heteroatoms. The van der Waals surface area contributed by atoms with Gasteiger partial charge in [-0.1, -0.05) is 42.5 Å². The molecule has 0 bridgehead atoms. The van der Waals surface area contributed by atoms with Gasteiger partial charge in [-0.15, -0.1) is 0 Å². The van der Waals surface area contributed by atoms with Crippen molar-refractivity contribution in [2.75, 3.05) is 32.7 Å². The summed E-state index contributed by atoms with van der Waals surface area (Å²) in [7, 11) is 0. The van der Waals surface area contributed by atoms with E-state index in [2.05, 4.69) is 0 Å². The summed E-state index contributed by atoms with van der Waals surface area (Å²) < 4.78 is 14.0. The topological polar surface area (TPSA) is 66.6 Å². The van der Waals surface area contributed by atoms with Crippen molar-refractivity contribution < 1.29 is 14.0 Å². The molecule has 1 heterocycles. The zero-order valence-electron chi connectivity index (χ0n) is 16.1. The van der Waals surface area contributed by atoms with E-state index in [1.807, 2.05) is 47.1 Å². The van der Waals surface area contributed by atoms with Gasteiger partial charge in [0.15, 0.2) is 0 Å². The zero-order chi connectivity index (χ0) is 20.1. The molecule has 1 aliphatic rings. The predicted octanol–water partition coefficient (Wildman–Crippen LogP) is 2.30. The Balaban J connectivity index is 1.76. The molecule has 0 spiro atoms. The third-order valence-corrected chi connectivity index (χ3v) is 5.21. The quantitative estimate of drug-likeness (QED) is 0.832. The molecule has 0 saturated carbocycles. The molecule has 148 valence electrons. The lowest BCUT2D eigenvalue weighted by Gasteiger charge is -2.23. The summed E-state index contributed by atoms with van der Waals surface area (Å²) in [5.74, 6) is -0.769. The van der Waals surface area contributed by atoms with Crippen LogP contribution >= 0.6 is 0 Å². The first-order valence-electron chi connectivity index (χ1n) is 9.61. The second-order valence-electron chi connectivity index (χ2n) is 7.20. The lowest BCUT2D eigenvalue weighted by molar-refractivity contribution is -0.134. The van der Waals surface area contributed by atoms with Crippen molar-refractivity contribution in [3.05, 3.63) is 59.9 Å². The van der Waals surface area contributed by atoms with Crippen LogP contribution in [-0.4, -0.2) is 54.3 Å². The van der Waals surface area contributed by atoms with Crippen LogP contribution in [0.2, 0.25) is 0 Å². The van der Waals surface area contributed by atoms with Gasteiger partial charge in [0.25, 0.3) is 0 Å². The fourth-order valence-electron chi connectivity index (χ4n) is 3.74. The van der Waals surface area contributed by atoms with E-state index in [0.29, 0.717) is 38.2 Å². The van der Waals surface area contributed by atoms with Crippen LogP contribution < -0.4 is 5.73 Å². The first-order valence-corrected chi connectivity index (χ1v) is 9.61. The lowest BCUT2D eigenvalue weighted by Crippen LogP contribution is -2.38. The summed E-state index contributed by atoms with van der Waals surface area (Å²) in [6, 6.07) is 14.3. The first-order chi connectivity index (χ1) is 13.5. The van der Waals surface area contributed by atoms with E-state index in [0.717, 1.165) is 11.1 Å². The van der Waals surface area contributed by atoms with Gasteiger partial charge in [0.05, 0.1) is 12.5 Å². The maximum atomic E-state index is 14.0. The van der Waals surface area contributed by atoms with E-state index < -0.39 is 0 Å². The van der Waals surface area contributed by atoms with Crippen molar-refractivity contribution >= 4 is 11.8 Å². The Bertz CT molecular complexity index is 838. The maximum Gasteiger partial charge on any atom is 0.231 e. The smallest absolute Gasteiger partial charge is 0.231 e. The molecule has 0 unspecified atom stereocenters. The van der Waals surface area contributed by atoms with Crippen molar-refractivity contribution in [2.24, 2.45) is 11.7 Å². The molecule has 3 rings (SSSR count). The number of rotatable bonds is 6. The van der Waals surface area contributed by atoms with Gasteiger partial charge in [0, 0.05) is 31.7 Å². The summed E-state index contributed by atoms with van der Waals surface area (Å²) in [6.45, 7) is 4.52. The summed E-state index contributed by atoms with van der Waals surface area (Å²) in [5.41, 5.74) is 7.72. The van der Waals surface area contributed by atoms with Gasteiger partial charge in [-0.2, -0.15) is 0 Å². The minimum absolute atomic E-state index is 0.104. The minimum atomic E-state index is -0.384. The van der Waals surface area contributed by atoms with E-state index in [9.17, 15) is 14.0 Å². The Morgan fingerprint density at radius 3 is 2.50 bits per heavy atom. The highest BCUT2D eigenvalue weighted by atomic mass is 19.1. The Morgan fingerprint density at radius 2 is 1.86 bits per heavy atom. The first kappa shape index (κ1) is 20.0. The number of halogens is 1. The number of likely N-dealkylation sites (N-methyl/N-ethyl adjacent to an activating group) is 1. The third kappa shape index (κ3) is 4.75. The van der Waals surface area contributed by atoms with Gasteiger partial charge >= 0.3 is 0 Å². The number of primary amides is 1. The Kier molecular flexibility index (Phi) is 6.41. The van der Waals surface area contributed by atoms with Crippen molar-refractivity contribution in [1.29, 1.82) is 0 Å². The van der Waals surface area contributed by atoms with Gasteiger partial charge in [-0.25, -0.2) is 4.39 Å². The monoisotopic (exact) mass is 383 g/mol. The van der Waals surface area contributed by atoms with Crippen LogP contribution in [-0.2, 0) is 16.0 Å². The molecular weight excluding hydrogens is 357 g/mol. The number of carbonyl (C=O) groups is 2. The number of benzene rings is 2. The molecule has 2 aromatic rings. The number of hydrogen-bond acceptors (Lipinski definition) is 3. The molecule has 5 nitrogen and oxygen atoms in total. The molecule has 1 aliphatic heterocycles. The number of amides is 2. The van der Waals surface area contributed by atoms with Gasteiger partial charge in [0.2, 0.25) is 11.8 Å². The molecule has 0 radical (unpaired) electrons. The Morgan fingerprint density at radius 1 is 1.14 bits per heavy atom. The van der Waals surface area contributed by atoms with Gasteiger partial charge in [-0.3, -0.25) is 14.5 Å². The number of carbonyl (C=O) groups excluding carboxylic acids is 2. The van der Waals surface area contributed by atoms with Gasteiger partial charge in [-0.05, 0) is 30.5 Å². The summed E-state index contributed by atoms with van der Waals surface area (Å²) in [5, 5.41) is 0. The van der Waals surface area contributed by atoms with Crippen LogP contribution in [0, 0.1) is 11.7 Å². The normalized spacial score (nSPS) is 18.1. The molecule has 2 amide bonds. The van der Waals surface area contributed by atoms with Crippen LogP contribution in [0.3, 0.4) is 0 Å². The Labute approximate surface area is 164 Å². The minimum Gasteiger partial charge on any atom is -0.369 e. The van der Waals surface area contributed by atoms with E-state index in [1.165, 1.54) is 6.07 Å². The molecule has 1 saturated heterocycles. The molecule has 2 N–H and O–H groups in total. The van der Waals surface area contributed by atoms with Crippen molar-refractivity contribution in [3.8, 4) is 11.1 Å². The third-order valence-electron chi connectivity index (χ3n) is 5.21. The average molecular weight is 383 g/mol. The molecule has 0 aromatic heterocycles. The summed E-state index contributed by atoms with van der Waals surface area (Å²) in [6.07, 6.45) is 0.572. The van der Waals surface area contributed by atoms with Crippen LogP contribution in [0.1, 0.15) is 12.5 Å². The zero-order valence-corrected chi connectivity index (χ0v) is 16.1. The SMILES string of the molecule is CCN1CCN(CC(N)=O)C[C@@H](Cc2ccc(-c3ccccc3F)cc2)C1=O. The fraction of sp³-hybridized carbons (Fsp3) is 0.364. The van der Waals surface area contributed by atoms with Crippen LogP contribution in [0.15, 0.2) is 48.5 Å². The highest BCUT2D eigenvalue weighted by Crippen LogP contribution is 2.24. The molecule has 1 atom stereocenters. The second kappa shape index (κ2) is 8.97. The number of hydrogen-bond donors (Lipinski definition) is 1. The molecule has 2 aromatic carbocycles. The maximum absolute atomic E-state index is 14.0. The van der Waals surface area contributed by atoms with Crippen LogP contribution in [0.5, 0.6) is 0 Å². The van der Waals surface area contributed by atoms with E-state index in [-0.39, 0.29) is 30.1 Å². The van der Waals surface area contributed by atoms with Crippen LogP contribution in [0.4, 0.5) is 4.39 Å². The molecule has 0 aliphatic carbocycles. The highest BCUT2D eigenvalue weighted by Gasteiger charge is 2.30. The highest BCUT2D eigenvalue weighted by molar-refractivity contribution is 5.80. The van der Waals surface area contributed by atoms with Crippen molar-refractivity contribution in [1.82, 2.24) is 9.80 Å². The standard InChI is InChI=1S/C22H26FN3O2/c1-2-26-12-11-25(15-21(24)27)14-18(22(26)28)13-16-7-9-17(10-8-16)19-5-3-4-6-20(19)23/h3-10,18H,2,11-15H2,1H3,(H2,24,27)/t18-/m1/s1. The molecule has 1 fully saturated rings.